The van der Waals surface area contributed by atoms with Gasteiger partial charge in [0.1, 0.15) is 6.04 Å². The van der Waals surface area contributed by atoms with Crippen molar-refractivity contribution in [3.8, 4) is 0 Å². The normalized spacial score (nSPS) is 13.7. The van der Waals surface area contributed by atoms with E-state index in [2.05, 4.69) is 5.32 Å². The van der Waals surface area contributed by atoms with Gasteiger partial charge in [-0.3, -0.25) is 9.10 Å². The SMILES string of the molecule is C[C@@H](CNC(=O)[C@H](C)N(c1cc(Cl)ccc1Cl)S(C)(=O)=O)c1ccccc1. The Labute approximate surface area is 170 Å². The van der Waals surface area contributed by atoms with Gasteiger partial charge in [0.25, 0.3) is 0 Å². The highest BCUT2D eigenvalue weighted by atomic mass is 35.5. The lowest BCUT2D eigenvalue weighted by Gasteiger charge is -2.29. The Morgan fingerprint density at radius 3 is 2.33 bits per heavy atom. The number of nitrogens with one attached hydrogen (secondary N) is 1. The summed E-state index contributed by atoms with van der Waals surface area (Å²) in [5, 5.41) is 3.34. The Hall–Kier alpha value is -1.76. The molecule has 5 nitrogen and oxygen atoms in total. The highest BCUT2D eigenvalue weighted by molar-refractivity contribution is 7.92. The van der Waals surface area contributed by atoms with E-state index in [1.54, 1.807) is 6.07 Å². The quantitative estimate of drug-likeness (QED) is 0.722. The van der Waals surface area contributed by atoms with E-state index in [4.69, 9.17) is 23.2 Å². The minimum absolute atomic E-state index is 0.0868. The molecule has 2 rings (SSSR count). The molecule has 2 aromatic carbocycles. The summed E-state index contributed by atoms with van der Waals surface area (Å²) in [4.78, 5) is 12.6. The predicted molar refractivity (Wildman–Crippen MR) is 111 cm³/mol. The molecule has 0 saturated carbocycles. The van der Waals surface area contributed by atoms with E-state index >= 15 is 0 Å². The molecule has 8 heteroatoms. The van der Waals surface area contributed by atoms with Crippen LogP contribution in [0.25, 0.3) is 0 Å². The number of rotatable bonds is 7. The fourth-order valence-corrected chi connectivity index (χ4v) is 4.34. The zero-order valence-corrected chi connectivity index (χ0v) is 17.6. The van der Waals surface area contributed by atoms with E-state index in [0.717, 1.165) is 16.1 Å². The molecule has 0 heterocycles. The second-order valence-electron chi connectivity index (χ2n) is 6.39. The zero-order valence-electron chi connectivity index (χ0n) is 15.3. The molecule has 2 aromatic rings. The summed E-state index contributed by atoms with van der Waals surface area (Å²) in [7, 11) is -3.76. The highest BCUT2D eigenvalue weighted by Gasteiger charge is 2.30. The summed E-state index contributed by atoms with van der Waals surface area (Å²) in [5.41, 5.74) is 1.26. The minimum Gasteiger partial charge on any atom is -0.354 e. The van der Waals surface area contributed by atoms with Gasteiger partial charge in [0, 0.05) is 11.6 Å². The van der Waals surface area contributed by atoms with Crippen molar-refractivity contribution in [2.75, 3.05) is 17.1 Å². The van der Waals surface area contributed by atoms with E-state index in [0.29, 0.717) is 11.6 Å². The standard InChI is InChI=1S/C19H22Cl2N2O3S/c1-13(15-7-5-4-6-8-15)12-22-19(24)14(2)23(27(3,25)26)18-11-16(20)9-10-17(18)21/h4-11,13-14H,12H2,1-3H3,(H,22,24)/t13-,14-/m0/s1. The predicted octanol–water partition coefficient (Wildman–Crippen LogP) is 4.07. The van der Waals surface area contributed by atoms with Crippen molar-refractivity contribution in [1.82, 2.24) is 5.32 Å². The van der Waals surface area contributed by atoms with Gasteiger partial charge in [0.15, 0.2) is 0 Å². The first-order chi connectivity index (χ1) is 12.6. The maximum atomic E-state index is 12.6. The topological polar surface area (TPSA) is 66.5 Å². The van der Waals surface area contributed by atoms with Crippen LogP contribution in [0.4, 0.5) is 5.69 Å². The maximum Gasteiger partial charge on any atom is 0.243 e. The molecular formula is C19H22Cl2N2O3S. The summed E-state index contributed by atoms with van der Waals surface area (Å²) in [5.74, 6) is -0.331. The van der Waals surface area contributed by atoms with E-state index < -0.39 is 22.0 Å². The van der Waals surface area contributed by atoms with Crippen LogP contribution in [0.1, 0.15) is 25.3 Å². The van der Waals surface area contributed by atoms with E-state index in [1.165, 1.54) is 19.1 Å². The number of carbonyl (C=O) groups is 1. The molecule has 0 spiro atoms. The Bertz CT molecular complexity index is 904. The van der Waals surface area contributed by atoms with Gasteiger partial charge < -0.3 is 5.32 Å². The molecule has 0 unspecified atom stereocenters. The van der Waals surface area contributed by atoms with Gasteiger partial charge in [-0.05, 0) is 36.6 Å². The molecule has 0 saturated heterocycles. The number of halogens is 2. The molecule has 0 aliphatic rings. The summed E-state index contributed by atoms with van der Waals surface area (Å²) >= 11 is 12.1. The van der Waals surface area contributed by atoms with Gasteiger partial charge in [0.2, 0.25) is 15.9 Å². The number of carbonyl (C=O) groups excluding carboxylic acids is 1. The second kappa shape index (κ2) is 8.95. The van der Waals surface area contributed by atoms with E-state index in [9.17, 15) is 13.2 Å². The zero-order chi connectivity index (χ0) is 20.2. The van der Waals surface area contributed by atoms with Crippen LogP contribution in [0.3, 0.4) is 0 Å². The second-order valence-corrected chi connectivity index (χ2v) is 9.09. The van der Waals surface area contributed by atoms with Gasteiger partial charge >= 0.3 is 0 Å². The third kappa shape index (κ3) is 5.61. The summed E-state index contributed by atoms with van der Waals surface area (Å²) < 4.78 is 25.7. The lowest BCUT2D eigenvalue weighted by atomic mass is 10.0. The monoisotopic (exact) mass is 428 g/mol. The smallest absolute Gasteiger partial charge is 0.243 e. The molecule has 0 aliphatic heterocycles. The van der Waals surface area contributed by atoms with E-state index in [-0.39, 0.29) is 16.6 Å². The molecule has 2 atom stereocenters. The average molecular weight is 429 g/mol. The summed E-state index contributed by atoms with van der Waals surface area (Å²) in [6, 6.07) is 13.3. The summed E-state index contributed by atoms with van der Waals surface area (Å²) in [6.07, 6.45) is 1.03. The molecule has 0 aromatic heterocycles. The third-order valence-electron chi connectivity index (χ3n) is 4.19. The van der Waals surface area contributed by atoms with Crippen LogP contribution in [0, 0.1) is 0 Å². The lowest BCUT2D eigenvalue weighted by molar-refractivity contribution is -0.121. The van der Waals surface area contributed by atoms with Crippen molar-refractivity contribution in [3.05, 3.63) is 64.1 Å². The fraction of sp³-hybridized carbons (Fsp3) is 0.316. The number of benzene rings is 2. The summed E-state index contributed by atoms with van der Waals surface area (Å²) in [6.45, 7) is 3.89. The van der Waals surface area contributed by atoms with Gasteiger partial charge in [-0.25, -0.2) is 8.42 Å². The van der Waals surface area contributed by atoms with Crippen molar-refractivity contribution in [2.24, 2.45) is 0 Å². The van der Waals surface area contributed by atoms with Crippen LogP contribution >= 0.6 is 23.2 Å². The third-order valence-corrected chi connectivity index (χ3v) is 5.97. The van der Waals surface area contributed by atoms with Crippen LogP contribution in [-0.4, -0.2) is 33.2 Å². The Morgan fingerprint density at radius 1 is 1.11 bits per heavy atom. The molecule has 0 bridgehead atoms. The van der Waals surface area contributed by atoms with Crippen molar-refractivity contribution in [1.29, 1.82) is 0 Å². The molecule has 1 N–H and O–H groups in total. The molecule has 27 heavy (non-hydrogen) atoms. The first-order valence-corrected chi connectivity index (χ1v) is 11.0. The maximum absolute atomic E-state index is 12.6. The number of anilines is 1. The molecule has 1 amide bonds. The first kappa shape index (κ1) is 21.5. The minimum atomic E-state index is -3.76. The molecule has 146 valence electrons. The van der Waals surface area contributed by atoms with Crippen molar-refractivity contribution < 1.29 is 13.2 Å². The number of hydrogen-bond donors (Lipinski definition) is 1. The Morgan fingerprint density at radius 2 is 1.74 bits per heavy atom. The van der Waals surface area contributed by atoms with Crippen molar-refractivity contribution in [3.63, 3.8) is 0 Å². The van der Waals surface area contributed by atoms with Crippen LogP contribution in [0.15, 0.2) is 48.5 Å². The molecule has 0 radical (unpaired) electrons. The van der Waals surface area contributed by atoms with Crippen LogP contribution < -0.4 is 9.62 Å². The van der Waals surface area contributed by atoms with Crippen LogP contribution in [0.2, 0.25) is 10.0 Å². The largest absolute Gasteiger partial charge is 0.354 e. The van der Waals surface area contributed by atoms with Gasteiger partial charge in [-0.2, -0.15) is 0 Å². The van der Waals surface area contributed by atoms with Crippen molar-refractivity contribution >= 4 is 44.8 Å². The van der Waals surface area contributed by atoms with Gasteiger partial charge in [0.05, 0.1) is 17.0 Å². The molecule has 0 aliphatic carbocycles. The number of hydrogen-bond acceptors (Lipinski definition) is 3. The van der Waals surface area contributed by atoms with Gasteiger partial charge in [-0.15, -0.1) is 0 Å². The number of amides is 1. The van der Waals surface area contributed by atoms with Crippen molar-refractivity contribution in [2.45, 2.75) is 25.8 Å². The molecule has 0 fully saturated rings. The number of sulfonamides is 1. The Kier molecular flexibility index (Phi) is 7.14. The van der Waals surface area contributed by atoms with E-state index in [1.807, 2.05) is 37.3 Å². The highest BCUT2D eigenvalue weighted by Crippen LogP contribution is 2.32. The lowest BCUT2D eigenvalue weighted by Crippen LogP contribution is -2.48. The van der Waals surface area contributed by atoms with Crippen LogP contribution in [-0.2, 0) is 14.8 Å². The first-order valence-electron chi connectivity index (χ1n) is 8.38. The average Bonchev–Trinajstić information content (AvgIpc) is 2.62. The van der Waals surface area contributed by atoms with Crippen LogP contribution in [0.5, 0.6) is 0 Å². The fourth-order valence-electron chi connectivity index (χ4n) is 2.74. The molecular weight excluding hydrogens is 407 g/mol. The number of nitrogens with zero attached hydrogens (tertiary/aromatic N) is 1. The van der Waals surface area contributed by atoms with Gasteiger partial charge in [-0.1, -0.05) is 60.5 Å². The Balaban J connectivity index is 2.19.